The van der Waals surface area contributed by atoms with Gasteiger partial charge in [-0.3, -0.25) is 9.69 Å². The highest BCUT2D eigenvalue weighted by atomic mass is 35.5. The molecule has 2 aromatic rings. The number of hydrogen-bond donors (Lipinski definition) is 0. The highest BCUT2D eigenvalue weighted by molar-refractivity contribution is 5.87. The van der Waals surface area contributed by atoms with E-state index in [1.54, 1.807) is 0 Å². The third kappa shape index (κ3) is 5.09. The first-order chi connectivity index (χ1) is 11.8. The van der Waals surface area contributed by atoms with E-state index in [1.165, 1.54) is 0 Å². The van der Waals surface area contributed by atoms with E-state index in [4.69, 9.17) is 4.74 Å². The zero-order chi connectivity index (χ0) is 18.5. The molecule has 0 fully saturated rings. The van der Waals surface area contributed by atoms with Crippen molar-refractivity contribution in [1.29, 1.82) is 0 Å². The van der Waals surface area contributed by atoms with E-state index in [0.717, 1.165) is 11.1 Å². The van der Waals surface area contributed by atoms with Crippen molar-refractivity contribution in [3.8, 4) is 0 Å². The van der Waals surface area contributed by atoms with Gasteiger partial charge in [0, 0.05) is 12.1 Å². The molecule has 0 spiro atoms. The molecule has 0 aliphatic rings. The summed E-state index contributed by atoms with van der Waals surface area (Å²) in [4.78, 5) is 15.2. The molecule has 26 heavy (non-hydrogen) atoms. The number of likely N-dealkylation sites (N-methyl/N-ethyl adjacent to an activating group) is 1. The van der Waals surface area contributed by atoms with Crippen LogP contribution in [0.1, 0.15) is 38.8 Å². The van der Waals surface area contributed by atoms with E-state index in [-0.39, 0.29) is 23.9 Å². The topological polar surface area (TPSA) is 29.5 Å². The van der Waals surface area contributed by atoms with Gasteiger partial charge in [-0.15, -0.1) is 12.4 Å². The Bertz CT molecular complexity index is 641. The van der Waals surface area contributed by atoms with Gasteiger partial charge in [-0.2, -0.15) is 0 Å². The predicted molar refractivity (Wildman–Crippen MR) is 110 cm³/mol. The third-order valence-corrected chi connectivity index (χ3v) is 4.92. The summed E-state index contributed by atoms with van der Waals surface area (Å²) >= 11 is 0. The minimum atomic E-state index is -0.817. The Morgan fingerprint density at radius 1 is 0.885 bits per heavy atom. The second kappa shape index (κ2) is 9.20. The van der Waals surface area contributed by atoms with Gasteiger partial charge in [0.1, 0.15) is 12.0 Å². The monoisotopic (exact) mass is 375 g/mol. The molecule has 0 saturated carbocycles. The molecule has 4 heteroatoms. The average molecular weight is 376 g/mol. The summed E-state index contributed by atoms with van der Waals surface area (Å²) in [7, 11) is 2.04. The van der Waals surface area contributed by atoms with Crippen LogP contribution in [-0.4, -0.2) is 36.6 Å². The Labute approximate surface area is 163 Å². The number of benzene rings is 2. The lowest BCUT2D eigenvalue weighted by atomic mass is 9.76. The average Bonchev–Trinajstić information content (AvgIpc) is 2.61. The van der Waals surface area contributed by atoms with Crippen LogP contribution in [0.2, 0.25) is 0 Å². The van der Waals surface area contributed by atoms with Crippen LogP contribution in [0.3, 0.4) is 0 Å². The predicted octanol–water partition coefficient (Wildman–Crippen LogP) is 4.69. The fourth-order valence-electron chi connectivity index (χ4n) is 2.70. The van der Waals surface area contributed by atoms with Gasteiger partial charge in [-0.05, 0) is 45.9 Å². The molecule has 2 rings (SSSR count). The molecule has 0 saturated heterocycles. The van der Waals surface area contributed by atoms with Crippen molar-refractivity contribution in [1.82, 2.24) is 4.90 Å². The van der Waals surface area contributed by atoms with Gasteiger partial charge >= 0.3 is 5.97 Å². The molecule has 0 aliphatic heterocycles. The lowest BCUT2D eigenvalue weighted by Crippen LogP contribution is -2.42. The molecular weight excluding hydrogens is 346 g/mol. The van der Waals surface area contributed by atoms with Crippen LogP contribution in [0.25, 0.3) is 0 Å². The second-order valence-corrected chi connectivity index (χ2v) is 7.59. The maximum absolute atomic E-state index is 13.1. The van der Waals surface area contributed by atoms with Crippen molar-refractivity contribution in [3.63, 3.8) is 0 Å². The Balaban J connectivity index is 0.00000338. The molecule has 142 valence electrons. The second-order valence-electron chi connectivity index (χ2n) is 7.59. The minimum Gasteiger partial charge on any atom is -0.463 e. The number of halogens is 1. The van der Waals surface area contributed by atoms with Gasteiger partial charge in [0.05, 0.1) is 0 Å². The quantitative estimate of drug-likeness (QED) is 0.686. The van der Waals surface area contributed by atoms with Crippen molar-refractivity contribution >= 4 is 18.4 Å². The van der Waals surface area contributed by atoms with Crippen LogP contribution >= 0.6 is 12.4 Å². The molecular formula is C22H30ClNO2. The summed E-state index contributed by atoms with van der Waals surface area (Å²) in [5, 5.41) is 0. The number of hydrogen-bond acceptors (Lipinski definition) is 3. The smallest absolute Gasteiger partial charge is 0.320 e. The first-order valence-corrected chi connectivity index (χ1v) is 8.76. The van der Waals surface area contributed by atoms with Crippen LogP contribution in [0.4, 0.5) is 0 Å². The molecule has 0 aliphatic carbocycles. The van der Waals surface area contributed by atoms with Gasteiger partial charge in [0.15, 0.2) is 0 Å². The lowest BCUT2D eigenvalue weighted by Gasteiger charge is -2.33. The van der Waals surface area contributed by atoms with Crippen molar-refractivity contribution in [2.24, 2.45) is 0 Å². The van der Waals surface area contributed by atoms with Crippen LogP contribution < -0.4 is 0 Å². The maximum Gasteiger partial charge on any atom is 0.320 e. The fraction of sp³-hybridized carbons (Fsp3) is 0.409. The number of carbonyl (C=O) groups is 1. The zero-order valence-corrected chi connectivity index (χ0v) is 17.2. The molecule has 0 amide bonds. The van der Waals surface area contributed by atoms with Crippen molar-refractivity contribution < 1.29 is 9.53 Å². The maximum atomic E-state index is 13.1. The minimum absolute atomic E-state index is 0. The number of esters is 1. The molecule has 2 aromatic carbocycles. The standard InChI is InChI=1S/C22H29NO2.ClH/c1-21(2,3)23(5)16-17-25-20(24)22(4,18-12-8-6-9-13-18)19-14-10-7-11-15-19;/h6-15H,16-17H2,1-5H3;1H. The number of rotatable bonds is 6. The van der Waals surface area contributed by atoms with E-state index in [9.17, 15) is 4.79 Å². The summed E-state index contributed by atoms with van der Waals surface area (Å²) in [6.45, 7) is 9.46. The summed E-state index contributed by atoms with van der Waals surface area (Å²) in [5.41, 5.74) is 1.11. The van der Waals surface area contributed by atoms with Crippen molar-refractivity contribution in [2.45, 2.75) is 38.6 Å². The highest BCUT2D eigenvalue weighted by Gasteiger charge is 2.38. The number of nitrogens with zero attached hydrogens (tertiary/aromatic N) is 1. The van der Waals surface area contributed by atoms with Crippen LogP contribution in [0.15, 0.2) is 60.7 Å². The van der Waals surface area contributed by atoms with Gasteiger partial charge in [0.2, 0.25) is 0 Å². The first-order valence-electron chi connectivity index (χ1n) is 8.76. The van der Waals surface area contributed by atoms with Gasteiger partial charge in [0.25, 0.3) is 0 Å². The van der Waals surface area contributed by atoms with E-state index >= 15 is 0 Å². The summed E-state index contributed by atoms with van der Waals surface area (Å²) in [6.07, 6.45) is 0. The summed E-state index contributed by atoms with van der Waals surface area (Å²) in [6, 6.07) is 19.7. The summed E-state index contributed by atoms with van der Waals surface area (Å²) in [5.74, 6) is -0.216. The van der Waals surface area contributed by atoms with E-state index in [1.807, 2.05) is 74.6 Å². The van der Waals surface area contributed by atoms with Gasteiger partial charge < -0.3 is 4.74 Å². The molecule has 0 heterocycles. The van der Waals surface area contributed by atoms with E-state index in [2.05, 4.69) is 25.7 Å². The normalized spacial score (nSPS) is 11.8. The molecule has 0 aromatic heterocycles. The molecule has 0 unspecified atom stereocenters. The SMILES string of the molecule is CN(CCOC(=O)C(C)(c1ccccc1)c1ccccc1)C(C)(C)C.Cl. The van der Waals surface area contributed by atoms with Crippen LogP contribution in [0, 0.1) is 0 Å². The Hall–Kier alpha value is -1.84. The lowest BCUT2D eigenvalue weighted by molar-refractivity contribution is -0.149. The number of carbonyl (C=O) groups excluding carboxylic acids is 1. The Morgan fingerprint density at radius 3 is 1.69 bits per heavy atom. The molecule has 3 nitrogen and oxygen atoms in total. The molecule has 0 bridgehead atoms. The number of ether oxygens (including phenoxy) is 1. The van der Waals surface area contributed by atoms with Crippen LogP contribution in [0.5, 0.6) is 0 Å². The van der Waals surface area contributed by atoms with E-state index < -0.39 is 5.41 Å². The van der Waals surface area contributed by atoms with E-state index in [0.29, 0.717) is 13.2 Å². The fourth-order valence-corrected chi connectivity index (χ4v) is 2.70. The molecule has 0 N–H and O–H groups in total. The van der Waals surface area contributed by atoms with Crippen molar-refractivity contribution in [3.05, 3.63) is 71.8 Å². The highest BCUT2D eigenvalue weighted by Crippen LogP contribution is 2.33. The van der Waals surface area contributed by atoms with Gasteiger partial charge in [-0.1, -0.05) is 60.7 Å². The largest absolute Gasteiger partial charge is 0.463 e. The van der Waals surface area contributed by atoms with Crippen LogP contribution in [-0.2, 0) is 14.9 Å². The molecule has 0 atom stereocenters. The first kappa shape index (κ1) is 22.2. The molecule has 0 radical (unpaired) electrons. The Morgan fingerprint density at radius 2 is 1.31 bits per heavy atom. The summed E-state index contributed by atoms with van der Waals surface area (Å²) < 4.78 is 5.70. The van der Waals surface area contributed by atoms with Crippen molar-refractivity contribution in [2.75, 3.05) is 20.2 Å². The zero-order valence-electron chi connectivity index (χ0n) is 16.4. The Kier molecular flexibility index (Phi) is 7.86. The van der Waals surface area contributed by atoms with Gasteiger partial charge in [-0.25, -0.2) is 0 Å². The third-order valence-electron chi connectivity index (χ3n) is 4.92.